The molecule has 1 fully saturated rings. The third-order valence-corrected chi connectivity index (χ3v) is 4.89. The van der Waals surface area contributed by atoms with Crippen LogP contribution in [0.4, 0.5) is 0 Å². The Morgan fingerprint density at radius 2 is 2.16 bits per heavy atom. The van der Waals surface area contributed by atoms with E-state index in [9.17, 15) is 9.59 Å². The molecule has 0 unspecified atom stereocenters. The second kappa shape index (κ2) is 5.46. The van der Waals surface area contributed by atoms with Crippen molar-refractivity contribution in [1.82, 2.24) is 9.88 Å². The summed E-state index contributed by atoms with van der Waals surface area (Å²) < 4.78 is 1.65. The fourth-order valence-electron chi connectivity index (χ4n) is 2.00. The first-order valence-electron chi connectivity index (χ1n) is 6.52. The molecule has 0 spiro atoms. The monoisotopic (exact) mass is 284 g/mol. The Kier molecular flexibility index (Phi) is 4.10. The van der Waals surface area contributed by atoms with Crippen LogP contribution in [0.2, 0.25) is 0 Å². The van der Waals surface area contributed by atoms with Crippen molar-refractivity contribution in [3.63, 3.8) is 0 Å². The summed E-state index contributed by atoms with van der Waals surface area (Å²) in [6, 6.07) is 0. The Balaban J connectivity index is 1.82. The maximum Gasteiger partial charge on any atom is 0.307 e. The number of hydrogen-bond donors (Lipinski definition) is 2. The minimum absolute atomic E-state index is 0.00294. The van der Waals surface area contributed by atoms with Crippen molar-refractivity contribution in [1.29, 1.82) is 0 Å². The van der Waals surface area contributed by atoms with Crippen molar-refractivity contribution >= 4 is 17.2 Å². The molecule has 1 aromatic heterocycles. The van der Waals surface area contributed by atoms with Crippen LogP contribution in [0.25, 0.3) is 0 Å². The normalized spacial score (nSPS) is 16.4. The molecule has 1 aliphatic rings. The van der Waals surface area contributed by atoms with Gasteiger partial charge < -0.3 is 15.0 Å². The molecule has 6 heteroatoms. The number of nitrogens with zero attached hydrogens (tertiary/aromatic N) is 1. The van der Waals surface area contributed by atoms with Gasteiger partial charge in [-0.3, -0.25) is 9.59 Å². The topological polar surface area (TPSA) is 71.3 Å². The Hall–Kier alpha value is -1.14. The van der Waals surface area contributed by atoms with Crippen molar-refractivity contribution in [3.05, 3.63) is 20.2 Å². The number of aromatic nitrogens is 1. The highest BCUT2D eigenvalue weighted by Crippen LogP contribution is 2.44. The van der Waals surface area contributed by atoms with Gasteiger partial charge in [0.05, 0.1) is 6.61 Å². The Labute approximate surface area is 116 Å². The zero-order valence-electron chi connectivity index (χ0n) is 11.4. The minimum Gasteiger partial charge on any atom is -0.396 e. The van der Waals surface area contributed by atoms with E-state index in [2.05, 4.69) is 5.32 Å². The standard InChI is InChI=1S/C13H20N2O3S/c1-9-10(2)19-12(18)15(9)6-3-11(17)14-7-13(8-16)4-5-13/h16H,3-8H2,1-2H3,(H,14,17). The maximum absolute atomic E-state index is 11.7. The molecule has 19 heavy (non-hydrogen) atoms. The number of hydrogen-bond acceptors (Lipinski definition) is 4. The summed E-state index contributed by atoms with van der Waals surface area (Å²) in [5.74, 6) is -0.0603. The van der Waals surface area contributed by atoms with Crippen LogP contribution in [-0.4, -0.2) is 28.7 Å². The molecule has 1 saturated carbocycles. The molecule has 0 aromatic carbocycles. The largest absolute Gasteiger partial charge is 0.396 e. The van der Waals surface area contributed by atoms with Gasteiger partial charge in [-0.05, 0) is 26.7 Å². The van der Waals surface area contributed by atoms with Gasteiger partial charge in [-0.25, -0.2) is 0 Å². The van der Waals surface area contributed by atoms with Gasteiger partial charge in [-0.15, -0.1) is 0 Å². The maximum atomic E-state index is 11.7. The van der Waals surface area contributed by atoms with E-state index in [1.165, 1.54) is 11.3 Å². The predicted octanol–water partition coefficient (Wildman–Crippen LogP) is 0.805. The highest BCUT2D eigenvalue weighted by Gasteiger charge is 2.41. The Bertz CT molecular complexity index is 528. The Morgan fingerprint density at radius 1 is 1.47 bits per heavy atom. The number of thiazole rings is 1. The van der Waals surface area contributed by atoms with Crippen molar-refractivity contribution in [2.45, 2.75) is 39.7 Å². The van der Waals surface area contributed by atoms with Crippen molar-refractivity contribution < 1.29 is 9.90 Å². The van der Waals surface area contributed by atoms with Crippen molar-refractivity contribution in [2.75, 3.05) is 13.2 Å². The number of aliphatic hydroxyl groups is 1. The lowest BCUT2D eigenvalue weighted by Gasteiger charge is -2.12. The second-order valence-electron chi connectivity index (χ2n) is 5.35. The summed E-state index contributed by atoms with van der Waals surface area (Å²) in [6.45, 7) is 4.91. The van der Waals surface area contributed by atoms with Crippen molar-refractivity contribution in [2.24, 2.45) is 5.41 Å². The first kappa shape index (κ1) is 14.3. The number of rotatable bonds is 6. The molecule has 0 atom stereocenters. The number of carbonyl (C=O) groups is 1. The van der Waals surface area contributed by atoms with E-state index in [1.807, 2.05) is 13.8 Å². The smallest absolute Gasteiger partial charge is 0.307 e. The number of carbonyl (C=O) groups excluding carboxylic acids is 1. The van der Waals surface area contributed by atoms with Gasteiger partial charge in [0.15, 0.2) is 0 Å². The average Bonchev–Trinajstić information content (AvgIpc) is 3.12. The van der Waals surface area contributed by atoms with E-state index >= 15 is 0 Å². The zero-order valence-corrected chi connectivity index (χ0v) is 12.2. The summed E-state index contributed by atoms with van der Waals surface area (Å²) in [7, 11) is 0. The third kappa shape index (κ3) is 3.25. The molecule has 5 nitrogen and oxygen atoms in total. The Morgan fingerprint density at radius 3 is 2.63 bits per heavy atom. The number of aliphatic hydroxyl groups excluding tert-OH is 1. The van der Waals surface area contributed by atoms with E-state index in [0.717, 1.165) is 23.4 Å². The first-order valence-corrected chi connectivity index (χ1v) is 7.33. The van der Waals surface area contributed by atoms with Gasteiger partial charge in [0.2, 0.25) is 5.91 Å². The fourth-order valence-corrected chi connectivity index (χ4v) is 2.86. The van der Waals surface area contributed by atoms with Crippen LogP contribution >= 0.6 is 11.3 Å². The first-order chi connectivity index (χ1) is 8.97. The summed E-state index contributed by atoms with van der Waals surface area (Å²) in [5, 5.41) is 12.0. The van der Waals surface area contributed by atoms with E-state index < -0.39 is 0 Å². The second-order valence-corrected chi connectivity index (χ2v) is 6.51. The van der Waals surface area contributed by atoms with E-state index in [0.29, 0.717) is 19.5 Å². The molecule has 0 bridgehead atoms. The third-order valence-electron chi connectivity index (χ3n) is 3.89. The molecule has 1 aliphatic carbocycles. The highest BCUT2D eigenvalue weighted by atomic mass is 32.1. The summed E-state index contributed by atoms with van der Waals surface area (Å²) in [6.07, 6.45) is 2.26. The lowest BCUT2D eigenvalue weighted by atomic mass is 10.1. The van der Waals surface area contributed by atoms with Crippen LogP contribution in [0.1, 0.15) is 29.8 Å². The summed E-state index contributed by atoms with van der Waals surface area (Å²) in [4.78, 5) is 24.4. The molecular weight excluding hydrogens is 264 g/mol. The summed E-state index contributed by atoms with van der Waals surface area (Å²) in [5.41, 5.74) is 0.873. The molecule has 2 N–H and O–H groups in total. The van der Waals surface area contributed by atoms with E-state index in [1.54, 1.807) is 4.57 Å². The van der Waals surface area contributed by atoms with Gasteiger partial charge in [-0.2, -0.15) is 0 Å². The molecule has 0 radical (unpaired) electrons. The lowest BCUT2D eigenvalue weighted by Crippen LogP contribution is -2.32. The van der Waals surface area contributed by atoms with Crippen LogP contribution in [0.5, 0.6) is 0 Å². The minimum atomic E-state index is -0.0681. The van der Waals surface area contributed by atoms with Crippen molar-refractivity contribution in [3.8, 4) is 0 Å². The molecule has 1 amide bonds. The quantitative estimate of drug-likeness (QED) is 0.812. The fraction of sp³-hybridized carbons (Fsp3) is 0.692. The molecular formula is C13H20N2O3S. The van der Waals surface area contributed by atoms with Crippen LogP contribution in [-0.2, 0) is 11.3 Å². The number of amides is 1. The number of nitrogens with one attached hydrogen (secondary N) is 1. The SMILES string of the molecule is Cc1sc(=O)n(CCC(=O)NCC2(CO)CC2)c1C. The predicted molar refractivity (Wildman–Crippen MR) is 74.4 cm³/mol. The highest BCUT2D eigenvalue weighted by molar-refractivity contribution is 7.09. The molecule has 1 heterocycles. The molecule has 0 saturated heterocycles. The van der Waals surface area contributed by atoms with E-state index in [4.69, 9.17) is 5.11 Å². The van der Waals surface area contributed by atoms with Crippen LogP contribution in [0.15, 0.2) is 4.79 Å². The van der Waals surface area contributed by atoms with Crippen LogP contribution < -0.4 is 10.2 Å². The summed E-state index contributed by atoms with van der Waals surface area (Å²) >= 11 is 1.22. The van der Waals surface area contributed by atoms with Crippen LogP contribution in [0.3, 0.4) is 0 Å². The zero-order chi connectivity index (χ0) is 14.0. The van der Waals surface area contributed by atoms with Gasteiger partial charge in [0.25, 0.3) is 0 Å². The van der Waals surface area contributed by atoms with E-state index in [-0.39, 0.29) is 22.8 Å². The molecule has 1 aromatic rings. The number of aryl methyl sites for hydroxylation is 1. The lowest BCUT2D eigenvalue weighted by molar-refractivity contribution is -0.121. The average molecular weight is 284 g/mol. The van der Waals surface area contributed by atoms with Gasteiger partial charge in [-0.1, -0.05) is 11.3 Å². The van der Waals surface area contributed by atoms with Gasteiger partial charge in [0, 0.05) is 35.5 Å². The van der Waals surface area contributed by atoms with Gasteiger partial charge in [0.1, 0.15) is 0 Å². The molecule has 106 valence electrons. The van der Waals surface area contributed by atoms with Crippen LogP contribution in [0, 0.1) is 19.3 Å². The molecule has 0 aliphatic heterocycles. The van der Waals surface area contributed by atoms with Gasteiger partial charge >= 0.3 is 4.87 Å². The molecule has 2 rings (SSSR count).